The van der Waals surface area contributed by atoms with E-state index in [1.807, 2.05) is 24.4 Å². The Hall–Kier alpha value is -2.60. The molecule has 1 aliphatic rings. The zero-order valence-corrected chi connectivity index (χ0v) is 15.2. The summed E-state index contributed by atoms with van der Waals surface area (Å²) in [7, 11) is 1.57. The summed E-state index contributed by atoms with van der Waals surface area (Å²) in [4.78, 5) is 17.0. The molecule has 0 bridgehead atoms. The van der Waals surface area contributed by atoms with Crippen LogP contribution in [0.15, 0.2) is 36.5 Å². The van der Waals surface area contributed by atoms with Gasteiger partial charge >= 0.3 is 0 Å². The summed E-state index contributed by atoms with van der Waals surface area (Å²) in [5.41, 5.74) is 2.94. The number of ether oxygens (including phenoxy) is 1. The first kappa shape index (κ1) is 16.8. The Balaban J connectivity index is 1.63. The summed E-state index contributed by atoms with van der Waals surface area (Å²) in [5, 5.41) is 7.81. The molecular weight excluding hydrogens is 352 g/mol. The van der Waals surface area contributed by atoms with Gasteiger partial charge in [-0.25, -0.2) is 9.50 Å². The number of rotatable bonds is 4. The van der Waals surface area contributed by atoms with Crippen molar-refractivity contribution >= 4 is 28.8 Å². The molecule has 7 heteroatoms. The fourth-order valence-corrected chi connectivity index (χ4v) is 3.48. The van der Waals surface area contributed by atoms with Gasteiger partial charge in [0.05, 0.1) is 29.7 Å². The SMILES string of the molecule is COc1ccc2nc(-c3ccc(Cl)c(NC(=O)C4CCCC4)c3)cn2n1. The number of imidazole rings is 1. The number of hydrogen-bond donors (Lipinski definition) is 1. The van der Waals surface area contributed by atoms with Gasteiger partial charge in [-0.15, -0.1) is 5.10 Å². The predicted molar refractivity (Wildman–Crippen MR) is 101 cm³/mol. The lowest BCUT2D eigenvalue weighted by molar-refractivity contribution is -0.119. The number of carbonyl (C=O) groups is 1. The number of anilines is 1. The number of nitrogens with one attached hydrogen (secondary N) is 1. The van der Waals surface area contributed by atoms with E-state index in [1.54, 1.807) is 23.8 Å². The highest BCUT2D eigenvalue weighted by atomic mass is 35.5. The summed E-state index contributed by atoms with van der Waals surface area (Å²) < 4.78 is 6.81. The van der Waals surface area contributed by atoms with Crippen molar-refractivity contribution < 1.29 is 9.53 Å². The first-order chi connectivity index (χ1) is 12.6. The van der Waals surface area contributed by atoms with Crippen molar-refractivity contribution in [1.82, 2.24) is 14.6 Å². The summed E-state index contributed by atoms with van der Waals surface area (Å²) >= 11 is 6.28. The van der Waals surface area contributed by atoms with Gasteiger partial charge in [0.1, 0.15) is 0 Å². The fourth-order valence-electron chi connectivity index (χ4n) is 3.32. The second kappa shape index (κ2) is 6.96. The molecule has 1 fully saturated rings. The minimum Gasteiger partial charge on any atom is -0.480 e. The van der Waals surface area contributed by atoms with Gasteiger partial charge in [-0.1, -0.05) is 30.5 Å². The molecule has 3 aromatic rings. The molecule has 0 radical (unpaired) electrons. The lowest BCUT2D eigenvalue weighted by Crippen LogP contribution is -2.20. The number of halogens is 1. The lowest BCUT2D eigenvalue weighted by Gasteiger charge is -2.12. The standard InChI is InChI=1S/C19H19ClN4O2/c1-26-18-9-8-17-21-16(11-24(17)23-18)13-6-7-14(20)15(10-13)22-19(25)12-4-2-3-5-12/h6-12H,2-5H2,1H3,(H,22,25). The van der Waals surface area contributed by atoms with Crippen molar-refractivity contribution in [1.29, 1.82) is 0 Å². The Bertz CT molecular complexity index is 963. The molecular formula is C19H19ClN4O2. The van der Waals surface area contributed by atoms with Gasteiger partial charge in [0.2, 0.25) is 11.8 Å². The van der Waals surface area contributed by atoms with Crippen LogP contribution in [0.4, 0.5) is 5.69 Å². The Morgan fingerprint density at radius 1 is 1.27 bits per heavy atom. The second-order valence-corrected chi connectivity index (χ2v) is 6.88. The van der Waals surface area contributed by atoms with Crippen molar-refractivity contribution in [3.63, 3.8) is 0 Å². The smallest absolute Gasteiger partial charge is 0.231 e. The van der Waals surface area contributed by atoms with Gasteiger partial charge in [-0.05, 0) is 31.0 Å². The van der Waals surface area contributed by atoms with Gasteiger partial charge in [0.25, 0.3) is 0 Å². The molecule has 1 amide bonds. The number of carbonyl (C=O) groups excluding carboxylic acids is 1. The third-order valence-corrected chi connectivity index (χ3v) is 5.08. The molecule has 1 N–H and O–H groups in total. The van der Waals surface area contributed by atoms with Crippen molar-refractivity contribution in [2.75, 3.05) is 12.4 Å². The third-order valence-electron chi connectivity index (χ3n) is 4.75. The van der Waals surface area contributed by atoms with Crippen LogP contribution in [0.3, 0.4) is 0 Å². The highest BCUT2D eigenvalue weighted by molar-refractivity contribution is 6.33. The Morgan fingerprint density at radius 2 is 2.08 bits per heavy atom. The Labute approximate surface area is 156 Å². The third kappa shape index (κ3) is 3.24. The number of hydrogen-bond acceptors (Lipinski definition) is 4. The van der Waals surface area contributed by atoms with Crippen LogP contribution in [0.2, 0.25) is 5.02 Å². The molecule has 134 valence electrons. The highest BCUT2D eigenvalue weighted by Gasteiger charge is 2.23. The first-order valence-corrected chi connectivity index (χ1v) is 9.03. The molecule has 0 spiro atoms. The van der Waals surface area contributed by atoms with Gasteiger partial charge in [0.15, 0.2) is 5.65 Å². The van der Waals surface area contributed by atoms with Crippen LogP contribution in [0.5, 0.6) is 5.88 Å². The minimum atomic E-state index is 0.0444. The Kier molecular flexibility index (Phi) is 4.51. The van der Waals surface area contributed by atoms with Crippen LogP contribution >= 0.6 is 11.6 Å². The van der Waals surface area contributed by atoms with E-state index in [0.717, 1.165) is 36.9 Å². The maximum atomic E-state index is 12.4. The van der Waals surface area contributed by atoms with E-state index in [9.17, 15) is 4.79 Å². The molecule has 0 saturated heterocycles. The topological polar surface area (TPSA) is 68.5 Å². The zero-order chi connectivity index (χ0) is 18.1. The monoisotopic (exact) mass is 370 g/mol. The minimum absolute atomic E-state index is 0.0444. The molecule has 26 heavy (non-hydrogen) atoms. The quantitative estimate of drug-likeness (QED) is 0.747. The lowest BCUT2D eigenvalue weighted by atomic mass is 10.1. The van der Waals surface area contributed by atoms with Crippen molar-refractivity contribution in [2.45, 2.75) is 25.7 Å². The van der Waals surface area contributed by atoms with Crippen LogP contribution in [-0.4, -0.2) is 27.6 Å². The Morgan fingerprint density at radius 3 is 2.85 bits per heavy atom. The number of amides is 1. The van der Waals surface area contributed by atoms with E-state index in [1.165, 1.54) is 0 Å². The van der Waals surface area contributed by atoms with Crippen LogP contribution in [-0.2, 0) is 4.79 Å². The van der Waals surface area contributed by atoms with Crippen LogP contribution in [0.1, 0.15) is 25.7 Å². The number of nitrogens with zero attached hydrogens (tertiary/aromatic N) is 3. The maximum absolute atomic E-state index is 12.4. The molecule has 0 atom stereocenters. The molecule has 2 heterocycles. The number of methoxy groups -OCH3 is 1. The van der Waals surface area contributed by atoms with Crippen molar-refractivity contribution in [2.24, 2.45) is 5.92 Å². The van der Waals surface area contributed by atoms with Crippen LogP contribution in [0.25, 0.3) is 16.9 Å². The highest BCUT2D eigenvalue weighted by Crippen LogP contribution is 2.31. The summed E-state index contributed by atoms with van der Waals surface area (Å²) in [6, 6.07) is 9.12. The van der Waals surface area contributed by atoms with E-state index < -0.39 is 0 Å². The summed E-state index contributed by atoms with van der Waals surface area (Å²) in [6.07, 6.45) is 5.95. The molecule has 0 unspecified atom stereocenters. The van der Waals surface area contributed by atoms with Crippen LogP contribution in [0, 0.1) is 5.92 Å². The second-order valence-electron chi connectivity index (χ2n) is 6.47. The summed E-state index contributed by atoms with van der Waals surface area (Å²) in [5.74, 6) is 0.645. The number of fused-ring (bicyclic) bond motifs is 1. The molecule has 6 nitrogen and oxygen atoms in total. The van der Waals surface area contributed by atoms with E-state index >= 15 is 0 Å². The first-order valence-electron chi connectivity index (χ1n) is 8.65. The van der Waals surface area contributed by atoms with Gasteiger partial charge in [-0.3, -0.25) is 4.79 Å². The van der Waals surface area contributed by atoms with Gasteiger partial charge in [0, 0.05) is 17.5 Å². The maximum Gasteiger partial charge on any atom is 0.231 e. The average Bonchev–Trinajstić information content (AvgIpc) is 3.32. The van der Waals surface area contributed by atoms with E-state index in [2.05, 4.69) is 15.4 Å². The average molecular weight is 371 g/mol. The normalized spacial score (nSPS) is 14.7. The fraction of sp³-hybridized carbons (Fsp3) is 0.316. The molecule has 1 aliphatic carbocycles. The molecule has 2 aromatic heterocycles. The van der Waals surface area contributed by atoms with Crippen molar-refractivity contribution in [3.05, 3.63) is 41.6 Å². The van der Waals surface area contributed by atoms with Gasteiger partial charge < -0.3 is 10.1 Å². The number of aromatic nitrogens is 3. The molecule has 1 saturated carbocycles. The summed E-state index contributed by atoms with van der Waals surface area (Å²) in [6.45, 7) is 0. The van der Waals surface area contributed by atoms with E-state index in [-0.39, 0.29) is 11.8 Å². The predicted octanol–water partition coefficient (Wildman–Crippen LogP) is 4.19. The van der Waals surface area contributed by atoms with Crippen molar-refractivity contribution in [3.8, 4) is 17.1 Å². The number of benzene rings is 1. The largest absolute Gasteiger partial charge is 0.480 e. The van der Waals surface area contributed by atoms with Gasteiger partial charge in [-0.2, -0.15) is 0 Å². The van der Waals surface area contributed by atoms with Crippen LogP contribution < -0.4 is 10.1 Å². The molecule has 4 rings (SSSR count). The zero-order valence-electron chi connectivity index (χ0n) is 14.4. The van der Waals surface area contributed by atoms with E-state index in [0.29, 0.717) is 22.2 Å². The molecule has 0 aliphatic heterocycles. The molecule has 1 aromatic carbocycles. The van der Waals surface area contributed by atoms with E-state index in [4.69, 9.17) is 16.3 Å².